The number of imide groups is 1. The Kier molecular flexibility index (Phi) is 4.77. The van der Waals surface area contributed by atoms with E-state index in [-0.39, 0.29) is 9.78 Å². The molecule has 1 aromatic heterocycles. The number of hydrogen-bond donors (Lipinski definition) is 1. The van der Waals surface area contributed by atoms with Crippen molar-refractivity contribution in [2.45, 2.75) is 0 Å². The zero-order chi connectivity index (χ0) is 16.4. The third-order valence-electron chi connectivity index (χ3n) is 2.69. The molecule has 0 saturated heterocycles. The molecule has 1 heterocycles. The Morgan fingerprint density at radius 1 is 1.27 bits per heavy atom. The van der Waals surface area contributed by atoms with Crippen molar-refractivity contribution < 1.29 is 28.2 Å². The number of anilines is 1. The first-order chi connectivity index (χ1) is 10.4. The molecule has 0 spiro atoms. The molecule has 2 rings (SSSR count). The average Bonchev–Trinajstić information content (AvgIpc) is 2.89. The van der Waals surface area contributed by atoms with Crippen molar-refractivity contribution in [3.8, 4) is 5.75 Å². The number of ether oxygens (including phenoxy) is 1. The molecule has 2 amide bonds. The topological polar surface area (TPSA) is 66.8 Å². The molecule has 116 valence electrons. The molecular formula is C13H8BrF2NO4S. The number of rotatable bonds is 3. The highest BCUT2D eigenvalue weighted by Gasteiger charge is 2.31. The number of carboxylic acid groups (broad SMARTS) is 1. The third-order valence-corrected chi connectivity index (χ3v) is 4.52. The molecule has 0 aliphatic carbocycles. The number of amides is 2. The largest absolute Gasteiger partial charge is 0.494 e. The fourth-order valence-electron chi connectivity index (χ4n) is 1.70. The fourth-order valence-corrected chi connectivity index (χ4v) is 3.17. The molecule has 22 heavy (non-hydrogen) atoms. The summed E-state index contributed by atoms with van der Waals surface area (Å²) in [6.45, 7) is 0. The van der Waals surface area contributed by atoms with E-state index >= 15 is 0 Å². The summed E-state index contributed by atoms with van der Waals surface area (Å²) in [6.07, 6.45) is -1.73. The molecule has 9 heteroatoms. The molecule has 0 atom stereocenters. The minimum atomic E-state index is -1.73. The van der Waals surface area contributed by atoms with Crippen LogP contribution in [0.15, 0.2) is 28.1 Å². The van der Waals surface area contributed by atoms with E-state index < -0.39 is 35.1 Å². The van der Waals surface area contributed by atoms with Crippen LogP contribution in [0.25, 0.3) is 0 Å². The Labute approximate surface area is 135 Å². The number of halogens is 3. The monoisotopic (exact) mass is 391 g/mol. The molecule has 0 unspecified atom stereocenters. The van der Waals surface area contributed by atoms with Gasteiger partial charge in [-0.15, -0.1) is 11.3 Å². The Bertz CT molecular complexity index is 750. The lowest BCUT2D eigenvalue weighted by Gasteiger charge is -2.18. The van der Waals surface area contributed by atoms with Gasteiger partial charge in [0, 0.05) is 4.47 Å². The van der Waals surface area contributed by atoms with Crippen molar-refractivity contribution in [1.82, 2.24) is 0 Å². The van der Waals surface area contributed by atoms with Gasteiger partial charge >= 0.3 is 6.09 Å². The number of nitrogens with zero attached hydrogens (tertiary/aromatic N) is 1. The van der Waals surface area contributed by atoms with Crippen LogP contribution in [-0.2, 0) is 0 Å². The number of carbonyl (C=O) groups excluding carboxylic acids is 1. The number of thiophene rings is 1. The van der Waals surface area contributed by atoms with E-state index in [1.165, 1.54) is 0 Å². The van der Waals surface area contributed by atoms with Crippen LogP contribution in [0.2, 0.25) is 0 Å². The quantitative estimate of drug-likeness (QED) is 0.854. The number of carbonyl (C=O) groups is 2. The van der Waals surface area contributed by atoms with E-state index in [9.17, 15) is 23.5 Å². The molecule has 0 fully saturated rings. The summed E-state index contributed by atoms with van der Waals surface area (Å²) in [5.74, 6) is -4.23. The van der Waals surface area contributed by atoms with Crippen LogP contribution in [0.3, 0.4) is 0 Å². The lowest BCUT2D eigenvalue weighted by molar-refractivity contribution is 0.0985. The van der Waals surface area contributed by atoms with Gasteiger partial charge in [0.15, 0.2) is 11.6 Å². The average molecular weight is 392 g/mol. The Hall–Kier alpha value is -2.00. The summed E-state index contributed by atoms with van der Waals surface area (Å²) in [7, 11) is 1.14. The number of benzene rings is 1. The summed E-state index contributed by atoms with van der Waals surface area (Å²) < 4.78 is 32.7. The molecule has 2 aromatic rings. The zero-order valence-electron chi connectivity index (χ0n) is 11.0. The molecule has 0 aliphatic rings. The maximum Gasteiger partial charge on any atom is 0.419 e. The SMILES string of the molecule is COc1ccc(N(C(=O)O)C(=O)c2sccc2Br)c(F)c1F. The van der Waals surface area contributed by atoms with E-state index in [0.717, 1.165) is 30.6 Å². The minimum absolute atomic E-state index is 0.0537. The molecule has 5 nitrogen and oxygen atoms in total. The standard InChI is InChI=1S/C13H8BrF2NO4S/c1-21-8-3-2-7(9(15)10(8)16)17(13(19)20)12(18)11-6(14)4-5-22-11/h2-5H,1H3,(H,19,20). The lowest BCUT2D eigenvalue weighted by atomic mass is 10.2. The van der Waals surface area contributed by atoms with Crippen LogP contribution >= 0.6 is 27.3 Å². The van der Waals surface area contributed by atoms with Gasteiger partial charge in [0.05, 0.1) is 12.8 Å². The Morgan fingerprint density at radius 2 is 1.95 bits per heavy atom. The second-order valence-corrected chi connectivity index (χ2v) is 5.71. The van der Waals surface area contributed by atoms with Gasteiger partial charge in [-0.05, 0) is 39.5 Å². The molecular weight excluding hydrogens is 384 g/mol. The molecule has 0 radical (unpaired) electrons. The summed E-state index contributed by atoms with van der Waals surface area (Å²) in [5, 5.41) is 10.8. The predicted molar refractivity (Wildman–Crippen MR) is 79.8 cm³/mol. The lowest BCUT2D eigenvalue weighted by Crippen LogP contribution is -2.36. The fraction of sp³-hybridized carbons (Fsp3) is 0.0769. The molecule has 0 saturated carbocycles. The van der Waals surface area contributed by atoms with Gasteiger partial charge in [-0.1, -0.05) is 0 Å². The van der Waals surface area contributed by atoms with E-state index in [0.29, 0.717) is 4.47 Å². The molecule has 1 N–H and O–H groups in total. The van der Waals surface area contributed by atoms with Gasteiger partial charge in [-0.2, -0.15) is 4.39 Å². The molecule has 0 aliphatic heterocycles. The zero-order valence-corrected chi connectivity index (χ0v) is 13.4. The summed E-state index contributed by atoms with van der Waals surface area (Å²) in [6, 6.07) is 3.55. The first-order valence-corrected chi connectivity index (χ1v) is 7.38. The van der Waals surface area contributed by atoms with Crippen molar-refractivity contribution in [3.63, 3.8) is 0 Å². The van der Waals surface area contributed by atoms with E-state index in [1.807, 2.05) is 0 Å². The van der Waals surface area contributed by atoms with Crippen LogP contribution < -0.4 is 9.64 Å². The van der Waals surface area contributed by atoms with Crippen molar-refractivity contribution in [1.29, 1.82) is 0 Å². The summed E-state index contributed by atoms with van der Waals surface area (Å²) in [5.41, 5.74) is -0.712. The number of hydrogen-bond acceptors (Lipinski definition) is 4. The smallest absolute Gasteiger partial charge is 0.419 e. The van der Waals surface area contributed by atoms with Crippen molar-refractivity contribution in [3.05, 3.63) is 44.6 Å². The molecule has 1 aromatic carbocycles. The van der Waals surface area contributed by atoms with Crippen LogP contribution in [0, 0.1) is 11.6 Å². The highest BCUT2D eigenvalue weighted by molar-refractivity contribution is 9.10. The van der Waals surface area contributed by atoms with Crippen LogP contribution in [-0.4, -0.2) is 24.2 Å². The minimum Gasteiger partial charge on any atom is -0.494 e. The predicted octanol–water partition coefficient (Wildman–Crippen LogP) is 4.12. The van der Waals surface area contributed by atoms with Gasteiger partial charge in [-0.3, -0.25) is 4.79 Å². The summed E-state index contributed by atoms with van der Waals surface area (Å²) >= 11 is 4.07. The van der Waals surface area contributed by atoms with Crippen LogP contribution in [0.4, 0.5) is 19.3 Å². The van der Waals surface area contributed by atoms with Crippen LogP contribution in [0.1, 0.15) is 9.67 Å². The highest BCUT2D eigenvalue weighted by Crippen LogP contribution is 2.31. The van der Waals surface area contributed by atoms with Gasteiger partial charge in [-0.25, -0.2) is 14.1 Å². The first kappa shape index (κ1) is 16.4. The molecule has 0 bridgehead atoms. The first-order valence-electron chi connectivity index (χ1n) is 5.70. The van der Waals surface area contributed by atoms with Gasteiger partial charge in [0.25, 0.3) is 5.91 Å². The van der Waals surface area contributed by atoms with Crippen LogP contribution in [0.5, 0.6) is 5.75 Å². The normalized spacial score (nSPS) is 10.4. The van der Waals surface area contributed by atoms with Gasteiger partial charge in [0.2, 0.25) is 5.82 Å². The van der Waals surface area contributed by atoms with Crippen molar-refractivity contribution in [2.75, 3.05) is 12.0 Å². The second-order valence-electron chi connectivity index (χ2n) is 3.94. The number of methoxy groups -OCH3 is 1. The Balaban J connectivity index is 2.55. The van der Waals surface area contributed by atoms with Gasteiger partial charge in [0.1, 0.15) is 4.88 Å². The van der Waals surface area contributed by atoms with Crippen molar-refractivity contribution in [2.24, 2.45) is 0 Å². The van der Waals surface area contributed by atoms with Gasteiger partial charge < -0.3 is 9.84 Å². The second kappa shape index (κ2) is 6.41. The third kappa shape index (κ3) is 2.81. The maximum atomic E-state index is 14.0. The maximum absolute atomic E-state index is 14.0. The Morgan fingerprint density at radius 3 is 2.45 bits per heavy atom. The van der Waals surface area contributed by atoms with E-state index in [4.69, 9.17) is 0 Å². The summed E-state index contributed by atoms with van der Waals surface area (Å²) in [4.78, 5) is 23.8. The van der Waals surface area contributed by atoms with Crippen molar-refractivity contribution >= 4 is 45.0 Å². The van der Waals surface area contributed by atoms with E-state index in [1.54, 1.807) is 11.4 Å². The highest BCUT2D eigenvalue weighted by atomic mass is 79.9. The van der Waals surface area contributed by atoms with E-state index in [2.05, 4.69) is 20.7 Å².